The fraction of sp³-hybridized carbons (Fsp3) is 0.297. The zero-order valence-electron chi connectivity index (χ0n) is 27.1. The van der Waals surface area contributed by atoms with Gasteiger partial charge < -0.3 is 15.0 Å². The van der Waals surface area contributed by atoms with Crippen LogP contribution in [0, 0.1) is 13.8 Å². The Balaban J connectivity index is 1.81. The number of benzene rings is 4. The number of carbonyl (C=O) groups excluding carboxylic acids is 2. The first-order chi connectivity index (χ1) is 22.0. The van der Waals surface area contributed by atoms with Crippen molar-refractivity contribution in [3.63, 3.8) is 0 Å². The molecule has 1 N–H and O–H groups in total. The van der Waals surface area contributed by atoms with Gasteiger partial charge in [-0.05, 0) is 80.3 Å². The van der Waals surface area contributed by atoms with Crippen molar-refractivity contribution in [2.75, 3.05) is 18.0 Å². The molecule has 0 aromatic heterocycles. The van der Waals surface area contributed by atoms with Gasteiger partial charge in [-0.15, -0.1) is 0 Å². The van der Waals surface area contributed by atoms with E-state index >= 15 is 0 Å². The van der Waals surface area contributed by atoms with E-state index in [0.717, 1.165) is 33.0 Å². The topological polar surface area (TPSA) is 96.0 Å². The SMILES string of the molecule is CC[C@@H](C)NC(=O)[C@H](Cc1ccccc1)N(Cc1ccccc1C)C(=O)CN(c1ccc(C)cc1)S(=O)(=O)c1ccc(OC)cc1. The number of rotatable bonds is 14. The number of nitrogens with one attached hydrogen (secondary N) is 1. The summed E-state index contributed by atoms with van der Waals surface area (Å²) in [7, 11) is -2.69. The number of nitrogens with zero attached hydrogens (tertiary/aromatic N) is 2. The molecule has 8 nitrogen and oxygen atoms in total. The summed E-state index contributed by atoms with van der Waals surface area (Å²) in [5, 5.41) is 3.07. The van der Waals surface area contributed by atoms with Crippen molar-refractivity contribution in [3.8, 4) is 5.75 Å². The molecule has 0 spiro atoms. The van der Waals surface area contributed by atoms with Crippen LogP contribution in [0.3, 0.4) is 0 Å². The number of amides is 2. The second kappa shape index (κ2) is 15.6. The minimum absolute atomic E-state index is 0.0162. The van der Waals surface area contributed by atoms with Crippen molar-refractivity contribution in [2.24, 2.45) is 0 Å². The lowest BCUT2D eigenvalue weighted by Crippen LogP contribution is -2.54. The summed E-state index contributed by atoms with van der Waals surface area (Å²) < 4.78 is 34.8. The van der Waals surface area contributed by atoms with E-state index in [2.05, 4.69) is 5.32 Å². The van der Waals surface area contributed by atoms with Gasteiger partial charge in [-0.3, -0.25) is 13.9 Å². The summed E-state index contributed by atoms with van der Waals surface area (Å²) >= 11 is 0. The maximum absolute atomic E-state index is 14.6. The molecule has 2 atom stereocenters. The summed E-state index contributed by atoms with van der Waals surface area (Å²) in [4.78, 5) is 30.1. The Bertz CT molecular complexity index is 1710. The maximum Gasteiger partial charge on any atom is 0.264 e. The molecule has 0 bridgehead atoms. The molecule has 0 unspecified atom stereocenters. The number of anilines is 1. The molecule has 0 heterocycles. The molecule has 4 aromatic rings. The number of ether oxygens (including phenoxy) is 1. The quantitative estimate of drug-likeness (QED) is 0.181. The molecule has 0 fully saturated rings. The highest BCUT2D eigenvalue weighted by Gasteiger charge is 2.35. The van der Waals surface area contributed by atoms with Gasteiger partial charge in [-0.1, -0.05) is 79.2 Å². The second-order valence-electron chi connectivity index (χ2n) is 11.5. The average molecular weight is 642 g/mol. The Morgan fingerprint density at radius 2 is 1.48 bits per heavy atom. The standard InChI is InChI=1S/C37H43N3O5S/c1-6-29(4)38-37(42)35(24-30-13-8-7-9-14-30)39(25-31-15-11-10-12-28(31)3)36(41)26-40(32-18-16-27(2)17-19-32)46(43,44)34-22-20-33(45-5)21-23-34/h7-23,29,35H,6,24-26H2,1-5H3,(H,38,42)/t29-,35+/m1/s1. The third-order valence-electron chi connectivity index (χ3n) is 8.12. The van der Waals surface area contributed by atoms with E-state index < -0.39 is 28.5 Å². The van der Waals surface area contributed by atoms with Crippen LogP contribution in [0.4, 0.5) is 5.69 Å². The summed E-state index contributed by atoms with van der Waals surface area (Å²) in [6.45, 7) is 7.39. The lowest BCUT2D eigenvalue weighted by Gasteiger charge is -2.34. The van der Waals surface area contributed by atoms with Gasteiger partial charge in [0.2, 0.25) is 11.8 Å². The zero-order chi connectivity index (χ0) is 33.3. The van der Waals surface area contributed by atoms with Gasteiger partial charge in [0.25, 0.3) is 10.0 Å². The van der Waals surface area contributed by atoms with Crippen LogP contribution in [0.5, 0.6) is 5.75 Å². The van der Waals surface area contributed by atoms with Crippen molar-refractivity contribution in [3.05, 3.63) is 125 Å². The van der Waals surface area contributed by atoms with Gasteiger partial charge in [-0.25, -0.2) is 8.42 Å². The van der Waals surface area contributed by atoms with E-state index in [0.29, 0.717) is 11.4 Å². The van der Waals surface area contributed by atoms with E-state index in [-0.39, 0.29) is 29.8 Å². The van der Waals surface area contributed by atoms with Crippen LogP contribution in [0.15, 0.2) is 108 Å². The number of carbonyl (C=O) groups is 2. The van der Waals surface area contributed by atoms with E-state index in [4.69, 9.17) is 4.74 Å². The maximum atomic E-state index is 14.6. The summed E-state index contributed by atoms with van der Waals surface area (Å²) in [5.41, 5.74) is 4.00. The fourth-order valence-electron chi connectivity index (χ4n) is 5.08. The highest BCUT2D eigenvalue weighted by molar-refractivity contribution is 7.92. The monoisotopic (exact) mass is 641 g/mol. The Hall–Kier alpha value is -4.63. The number of sulfonamides is 1. The van der Waals surface area contributed by atoms with Crippen molar-refractivity contribution >= 4 is 27.5 Å². The molecule has 242 valence electrons. The first-order valence-corrected chi connectivity index (χ1v) is 16.9. The molecule has 0 saturated carbocycles. The zero-order valence-corrected chi connectivity index (χ0v) is 28.0. The van der Waals surface area contributed by atoms with Gasteiger partial charge in [0.05, 0.1) is 17.7 Å². The molecule has 0 aliphatic carbocycles. The molecule has 0 aliphatic heterocycles. The van der Waals surface area contributed by atoms with Crippen molar-refractivity contribution in [2.45, 2.75) is 64.1 Å². The van der Waals surface area contributed by atoms with Crippen molar-refractivity contribution in [1.29, 1.82) is 0 Å². The Morgan fingerprint density at radius 3 is 2.09 bits per heavy atom. The highest BCUT2D eigenvalue weighted by Crippen LogP contribution is 2.27. The first-order valence-electron chi connectivity index (χ1n) is 15.4. The Morgan fingerprint density at radius 1 is 0.848 bits per heavy atom. The number of hydrogen-bond donors (Lipinski definition) is 1. The molecule has 0 saturated heterocycles. The minimum atomic E-state index is -4.20. The van der Waals surface area contributed by atoms with Gasteiger partial charge in [0.1, 0.15) is 18.3 Å². The Kier molecular flexibility index (Phi) is 11.6. The molecular formula is C37H43N3O5S. The number of methoxy groups -OCH3 is 1. The summed E-state index contributed by atoms with van der Waals surface area (Å²) in [5.74, 6) is -0.279. The fourth-order valence-corrected chi connectivity index (χ4v) is 6.49. The molecule has 46 heavy (non-hydrogen) atoms. The lowest BCUT2D eigenvalue weighted by molar-refractivity contribution is -0.140. The predicted molar refractivity (Wildman–Crippen MR) is 182 cm³/mol. The smallest absolute Gasteiger partial charge is 0.264 e. The number of hydrogen-bond acceptors (Lipinski definition) is 5. The van der Waals surface area contributed by atoms with E-state index in [1.165, 1.54) is 24.1 Å². The van der Waals surface area contributed by atoms with Crippen LogP contribution >= 0.6 is 0 Å². The molecular weight excluding hydrogens is 598 g/mol. The van der Waals surface area contributed by atoms with Gasteiger partial charge >= 0.3 is 0 Å². The predicted octanol–water partition coefficient (Wildman–Crippen LogP) is 6.06. The third-order valence-corrected chi connectivity index (χ3v) is 9.91. The Labute approximate surface area is 273 Å². The van der Waals surface area contributed by atoms with E-state index in [9.17, 15) is 18.0 Å². The molecule has 2 amide bonds. The molecule has 0 radical (unpaired) electrons. The molecule has 4 aromatic carbocycles. The highest BCUT2D eigenvalue weighted by atomic mass is 32.2. The second-order valence-corrected chi connectivity index (χ2v) is 13.4. The van der Waals surface area contributed by atoms with Gasteiger partial charge in [-0.2, -0.15) is 0 Å². The lowest BCUT2D eigenvalue weighted by atomic mass is 10.0. The minimum Gasteiger partial charge on any atom is -0.497 e. The third kappa shape index (κ3) is 8.54. The molecule has 0 aliphatic rings. The summed E-state index contributed by atoms with van der Waals surface area (Å²) in [6.07, 6.45) is 0.979. The molecule has 9 heteroatoms. The van der Waals surface area contributed by atoms with Crippen LogP contribution in [-0.4, -0.2) is 50.9 Å². The van der Waals surface area contributed by atoms with Gasteiger partial charge in [0.15, 0.2) is 0 Å². The summed E-state index contributed by atoms with van der Waals surface area (Å²) in [6, 6.07) is 29.3. The van der Waals surface area contributed by atoms with Gasteiger partial charge in [0, 0.05) is 19.0 Å². The van der Waals surface area contributed by atoms with Crippen LogP contribution in [0.2, 0.25) is 0 Å². The van der Waals surface area contributed by atoms with E-state index in [1.54, 1.807) is 36.4 Å². The normalized spacial score (nSPS) is 12.5. The average Bonchev–Trinajstić information content (AvgIpc) is 3.06. The van der Waals surface area contributed by atoms with E-state index in [1.807, 2.05) is 82.3 Å². The largest absolute Gasteiger partial charge is 0.497 e. The van der Waals surface area contributed by atoms with Crippen LogP contribution in [0.1, 0.15) is 42.5 Å². The van der Waals surface area contributed by atoms with Crippen molar-refractivity contribution < 1.29 is 22.7 Å². The first kappa shape index (κ1) is 34.2. The van der Waals surface area contributed by atoms with Crippen molar-refractivity contribution in [1.82, 2.24) is 10.2 Å². The number of aryl methyl sites for hydroxylation is 2. The van der Waals surface area contributed by atoms with Crippen LogP contribution in [-0.2, 0) is 32.6 Å². The van der Waals surface area contributed by atoms with Crippen LogP contribution in [0.25, 0.3) is 0 Å². The molecule has 4 rings (SSSR count). The van der Waals surface area contributed by atoms with Crippen LogP contribution < -0.4 is 14.4 Å².